The molecule has 6 nitrogen and oxygen atoms in total. The maximum atomic E-state index is 12.9. The molecule has 0 aromatic carbocycles. The van der Waals surface area contributed by atoms with Gasteiger partial charge in [0.2, 0.25) is 0 Å². The lowest BCUT2D eigenvalue weighted by atomic mass is 10.0. The maximum absolute atomic E-state index is 12.9. The SMILES string of the molecule is CCCCC/C=C\CCCCCCCC(=O)OCC(COC(=O)CCCCCCCCCCCCCCCCCCCCCCC/C=C\C/C=C\CCCCCCC)OC(=O)CCCCCCCCCCCCCCCC. The van der Waals surface area contributed by atoms with Crippen LogP contribution >= 0.6 is 0 Å². The van der Waals surface area contributed by atoms with Crippen molar-refractivity contribution in [3.63, 3.8) is 0 Å². The van der Waals surface area contributed by atoms with Gasteiger partial charge in [0.15, 0.2) is 6.10 Å². The van der Waals surface area contributed by atoms with E-state index in [-0.39, 0.29) is 31.1 Å². The van der Waals surface area contributed by atoms with E-state index in [1.807, 2.05) is 0 Å². The summed E-state index contributed by atoms with van der Waals surface area (Å²) < 4.78 is 16.9. The average Bonchev–Trinajstić information content (AvgIpc) is 3.43. The van der Waals surface area contributed by atoms with Crippen LogP contribution in [0.1, 0.15) is 380 Å². The van der Waals surface area contributed by atoms with Gasteiger partial charge in [-0.1, -0.05) is 320 Å². The zero-order chi connectivity index (χ0) is 55.7. The third kappa shape index (κ3) is 64.3. The van der Waals surface area contributed by atoms with E-state index in [1.165, 1.54) is 270 Å². The lowest BCUT2D eigenvalue weighted by molar-refractivity contribution is -0.167. The fourth-order valence-electron chi connectivity index (χ4n) is 10.4. The average molecular weight is 1080 g/mol. The van der Waals surface area contributed by atoms with Gasteiger partial charge < -0.3 is 14.2 Å². The van der Waals surface area contributed by atoms with Crippen molar-refractivity contribution in [1.82, 2.24) is 0 Å². The van der Waals surface area contributed by atoms with Crippen molar-refractivity contribution in [2.45, 2.75) is 386 Å². The number of hydrogen-bond acceptors (Lipinski definition) is 6. The molecule has 0 heterocycles. The van der Waals surface area contributed by atoms with Crippen molar-refractivity contribution < 1.29 is 28.6 Å². The molecule has 0 amide bonds. The predicted octanol–water partition coefficient (Wildman–Crippen LogP) is 23.6. The monoisotopic (exact) mass is 1080 g/mol. The molecule has 0 aromatic rings. The predicted molar refractivity (Wildman–Crippen MR) is 335 cm³/mol. The van der Waals surface area contributed by atoms with Crippen molar-refractivity contribution in [3.8, 4) is 0 Å². The molecule has 6 heteroatoms. The summed E-state index contributed by atoms with van der Waals surface area (Å²) in [7, 11) is 0. The normalized spacial score (nSPS) is 12.2. The standard InChI is InChI=1S/C71H132O6/c1-4-7-10-13-16-19-22-25-27-28-29-30-31-32-33-34-35-36-37-38-39-40-41-42-43-44-45-47-49-52-55-58-61-64-70(73)76-67-68(66-75-69(72)63-60-57-54-51-48-24-21-18-15-12-9-6-3)77-71(74)65-62-59-56-53-50-46-26-23-20-17-14-11-8-5-2/h18,21-22,25,28-29,68H,4-17,19-20,23-24,26-27,30-67H2,1-3H3/b21-18-,25-22-,29-28-. The Kier molecular flexibility index (Phi) is 64.1. The summed E-state index contributed by atoms with van der Waals surface area (Å²) in [4.78, 5) is 38.2. The fourth-order valence-corrected chi connectivity index (χ4v) is 10.4. The van der Waals surface area contributed by atoms with E-state index >= 15 is 0 Å². The summed E-state index contributed by atoms with van der Waals surface area (Å²) in [6.45, 7) is 6.66. The molecule has 0 aliphatic rings. The Hall–Kier alpha value is -2.37. The minimum Gasteiger partial charge on any atom is -0.462 e. The van der Waals surface area contributed by atoms with Crippen LogP contribution in [0.2, 0.25) is 0 Å². The quantitative estimate of drug-likeness (QED) is 0.0261. The van der Waals surface area contributed by atoms with Gasteiger partial charge in [0, 0.05) is 19.3 Å². The lowest BCUT2D eigenvalue weighted by Crippen LogP contribution is -2.30. The zero-order valence-corrected chi connectivity index (χ0v) is 52.0. The highest BCUT2D eigenvalue weighted by atomic mass is 16.6. The molecule has 0 saturated heterocycles. The van der Waals surface area contributed by atoms with Gasteiger partial charge in [-0.25, -0.2) is 0 Å². The third-order valence-electron chi connectivity index (χ3n) is 15.6. The second-order valence-electron chi connectivity index (χ2n) is 23.4. The van der Waals surface area contributed by atoms with E-state index in [4.69, 9.17) is 14.2 Å². The van der Waals surface area contributed by atoms with Gasteiger partial charge in [-0.3, -0.25) is 14.4 Å². The van der Waals surface area contributed by atoms with Gasteiger partial charge in [-0.05, 0) is 77.0 Å². The minimum absolute atomic E-state index is 0.0686. The minimum atomic E-state index is -0.771. The molecule has 0 N–H and O–H groups in total. The van der Waals surface area contributed by atoms with E-state index in [0.717, 1.165) is 70.6 Å². The molecule has 0 bridgehead atoms. The summed E-state index contributed by atoms with van der Waals surface area (Å²) in [6, 6.07) is 0. The Morgan fingerprint density at radius 1 is 0.260 bits per heavy atom. The molecular formula is C71H132O6. The van der Waals surface area contributed by atoms with Gasteiger partial charge in [0.05, 0.1) is 0 Å². The van der Waals surface area contributed by atoms with Gasteiger partial charge in [0.25, 0.3) is 0 Å². The van der Waals surface area contributed by atoms with E-state index in [9.17, 15) is 14.4 Å². The van der Waals surface area contributed by atoms with E-state index in [1.54, 1.807) is 0 Å². The second-order valence-corrected chi connectivity index (χ2v) is 23.4. The van der Waals surface area contributed by atoms with Crippen LogP contribution in [0.3, 0.4) is 0 Å². The lowest BCUT2D eigenvalue weighted by Gasteiger charge is -2.18. The highest BCUT2D eigenvalue weighted by Gasteiger charge is 2.19. The Balaban J connectivity index is 4.05. The maximum Gasteiger partial charge on any atom is 0.306 e. The molecule has 0 radical (unpaired) electrons. The molecule has 0 aromatic heterocycles. The first-order valence-corrected chi connectivity index (χ1v) is 34.5. The van der Waals surface area contributed by atoms with Crippen molar-refractivity contribution in [2.24, 2.45) is 0 Å². The third-order valence-corrected chi connectivity index (χ3v) is 15.6. The molecule has 0 rings (SSSR count). The summed E-state index contributed by atoms with van der Waals surface area (Å²) >= 11 is 0. The zero-order valence-electron chi connectivity index (χ0n) is 52.0. The Morgan fingerprint density at radius 2 is 0.468 bits per heavy atom. The van der Waals surface area contributed by atoms with E-state index < -0.39 is 6.10 Å². The Morgan fingerprint density at radius 3 is 0.753 bits per heavy atom. The highest BCUT2D eigenvalue weighted by Crippen LogP contribution is 2.18. The molecule has 452 valence electrons. The molecule has 0 fully saturated rings. The molecule has 1 atom stereocenters. The molecular weight excluding hydrogens is 949 g/mol. The molecule has 0 spiro atoms. The van der Waals surface area contributed by atoms with Gasteiger partial charge in [-0.15, -0.1) is 0 Å². The first-order chi connectivity index (χ1) is 38.0. The largest absolute Gasteiger partial charge is 0.462 e. The number of carbonyl (C=O) groups is 3. The van der Waals surface area contributed by atoms with Crippen molar-refractivity contribution in [3.05, 3.63) is 36.5 Å². The molecule has 1 unspecified atom stereocenters. The van der Waals surface area contributed by atoms with Crippen LogP contribution < -0.4 is 0 Å². The molecule has 0 aliphatic carbocycles. The van der Waals surface area contributed by atoms with Crippen molar-refractivity contribution in [2.75, 3.05) is 13.2 Å². The Labute approximate surface area is 480 Å². The van der Waals surface area contributed by atoms with Crippen LogP contribution in [-0.4, -0.2) is 37.2 Å². The smallest absolute Gasteiger partial charge is 0.306 e. The number of ether oxygens (including phenoxy) is 3. The van der Waals surface area contributed by atoms with E-state index in [2.05, 4.69) is 57.2 Å². The summed E-state index contributed by atoms with van der Waals surface area (Å²) in [6.07, 6.45) is 81.9. The van der Waals surface area contributed by atoms with Crippen LogP contribution in [0.4, 0.5) is 0 Å². The van der Waals surface area contributed by atoms with Gasteiger partial charge >= 0.3 is 17.9 Å². The fraction of sp³-hybridized carbons (Fsp3) is 0.873. The van der Waals surface area contributed by atoms with Crippen molar-refractivity contribution in [1.29, 1.82) is 0 Å². The van der Waals surface area contributed by atoms with Crippen LogP contribution in [0.15, 0.2) is 36.5 Å². The number of hydrogen-bond donors (Lipinski definition) is 0. The van der Waals surface area contributed by atoms with Crippen LogP contribution in [0.25, 0.3) is 0 Å². The van der Waals surface area contributed by atoms with E-state index in [0.29, 0.717) is 19.3 Å². The number of unbranched alkanes of at least 4 members (excludes halogenated alkanes) is 47. The summed E-state index contributed by atoms with van der Waals surface area (Å²) in [5.41, 5.74) is 0. The number of rotatable bonds is 64. The van der Waals surface area contributed by atoms with Gasteiger partial charge in [0.1, 0.15) is 13.2 Å². The number of allylic oxidation sites excluding steroid dienone is 6. The highest BCUT2D eigenvalue weighted by molar-refractivity contribution is 5.71. The first-order valence-electron chi connectivity index (χ1n) is 34.5. The molecule has 77 heavy (non-hydrogen) atoms. The van der Waals surface area contributed by atoms with Crippen LogP contribution in [0.5, 0.6) is 0 Å². The summed E-state index contributed by atoms with van der Waals surface area (Å²) in [5, 5.41) is 0. The first kappa shape index (κ1) is 74.6. The molecule has 0 saturated carbocycles. The second kappa shape index (κ2) is 66.1. The van der Waals surface area contributed by atoms with Crippen LogP contribution in [0, 0.1) is 0 Å². The number of esters is 3. The topological polar surface area (TPSA) is 78.9 Å². The van der Waals surface area contributed by atoms with Gasteiger partial charge in [-0.2, -0.15) is 0 Å². The number of carbonyl (C=O) groups excluding carboxylic acids is 3. The van der Waals surface area contributed by atoms with Crippen molar-refractivity contribution >= 4 is 17.9 Å². The van der Waals surface area contributed by atoms with Crippen LogP contribution in [-0.2, 0) is 28.6 Å². The summed E-state index contributed by atoms with van der Waals surface area (Å²) in [5.74, 6) is -0.853. The molecule has 0 aliphatic heterocycles. The Bertz CT molecular complexity index is 1290.